The number of rotatable bonds is 4. The van der Waals surface area contributed by atoms with Crippen LogP contribution >= 0.6 is 23.2 Å². The third kappa shape index (κ3) is 3.88. The van der Waals surface area contributed by atoms with Gasteiger partial charge in [0.15, 0.2) is 0 Å². The van der Waals surface area contributed by atoms with Gasteiger partial charge < -0.3 is 0 Å². The van der Waals surface area contributed by atoms with Crippen LogP contribution in [-0.2, 0) is 16.0 Å². The van der Waals surface area contributed by atoms with Crippen LogP contribution in [0.25, 0.3) is 0 Å². The Morgan fingerprint density at radius 3 is 1.79 bits per heavy atom. The van der Waals surface area contributed by atoms with Gasteiger partial charge in [0.1, 0.15) is 0 Å². The smallest absolute Gasteiger partial charge is 0.258 e. The molecular weight excluding hydrogens is 452 g/mol. The van der Waals surface area contributed by atoms with Gasteiger partial charge in [-0.05, 0) is 24.6 Å². The molecule has 2 aromatic carbocycles. The number of benzene rings is 2. The minimum atomic E-state index is -5.19. The zero-order chi connectivity index (χ0) is 21.6. The number of sulfone groups is 1. The van der Waals surface area contributed by atoms with Crippen molar-refractivity contribution in [1.82, 2.24) is 0 Å². The molecule has 0 unspecified atom stereocenters. The van der Waals surface area contributed by atoms with E-state index < -0.39 is 57.6 Å². The molecule has 0 amide bonds. The molecule has 0 aliphatic heterocycles. The van der Waals surface area contributed by atoms with Crippen LogP contribution in [0.5, 0.6) is 0 Å². The second-order valence-electron chi connectivity index (χ2n) is 5.39. The molecule has 0 radical (unpaired) electrons. The zero-order valence-electron chi connectivity index (χ0n) is 13.5. The number of nitro groups is 2. The minimum absolute atomic E-state index is 0.0420. The Morgan fingerprint density at radius 2 is 1.39 bits per heavy atom. The van der Waals surface area contributed by atoms with Crippen LogP contribution in [0.3, 0.4) is 0 Å². The van der Waals surface area contributed by atoms with Gasteiger partial charge in [-0.3, -0.25) is 20.2 Å². The number of aryl methyl sites for hydroxylation is 1. The quantitative estimate of drug-likeness (QED) is 0.470. The highest BCUT2D eigenvalue weighted by Crippen LogP contribution is 2.43. The highest BCUT2D eigenvalue weighted by Gasteiger charge is 2.43. The van der Waals surface area contributed by atoms with Gasteiger partial charge in [0.2, 0.25) is 14.7 Å². The average Bonchev–Trinajstić information content (AvgIpc) is 2.55. The SMILES string of the molecule is Cc1cc(S(=O)(=O)c2c([N+](=O)[O-])cc(C(F)(F)F)cc2[N+](=O)[O-])c(Cl)cc1Cl. The van der Waals surface area contributed by atoms with E-state index in [-0.39, 0.29) is 22.7 Å². The molecule has 0 heterocycles. The predicted octanol–water partition coefficient (Wildman–Crippen LogP) is 4.97. The fourth-order valence-electron chi connectivity index (χ4n) is 2.26. The molecule has 0 aliphatic carbocycles. The molecule has 0 atom stereocenters. The Morgan fingerprint density at radius 1 is 0.929 bits per heavy atom. The number of nitrogens with zero attached hydrogens (tertiary/aromatic N) is 2. The van der Waals surface area contributed by atoms with Gasteiger partial charge in [-0.15, -0.1) is 0 Å². The molecule has 0 fully saturated rings. The van der Waals surface area contributed by atoms with Crippen molar-refractivity contribution in [3.05, 3.63) is 65.7 Å². The fraction of sp³-hybridized carbons (Fsp3) is 0.143. The minimum Gasteiger partial charge on any atom is -0.258 e. The standard InChI is InChI=1S/C14H7Cl2F3N2O6S/c1-6-2-12(9(16)5-8(6)15)28(26,27)13-10(20(22)23)3-7(14(17,18)19)4-11(13)21(24)25/h2-5H,1H3. The second kappa shape index (κ2) is 7.18. The normalized spacial score (nSPS) is 12.1. The number of halogens is 5. The molecule has 14 heteroatoms. The summed E-state index contributed by atoms with van der Waals surface area (Å²) in [4.78, 5) is 17.3. The first-order valence-electron chi connectivity index (χ1n) is 6.92. The highest BCUT2D eigenvalue weighted by atomic mass is 35.5. The van der Waals surface area contributed by atoms with Gasteiger partial charge >= 0.3 is 6.18 Å². The summed E-state index contributed by atoms with van der Waals surface area (Å²) in [5, 5.41) is 22.0. The maximum Gasteiger partial charge on any atom is 0.416 e. The number of alkyl halides is 3. The fourth-order valence-corrected chi connectivity index (χ4v) is 4.63. The first-order chi connectivity index (χ1) is 12.7. The van der Waals surface area contributed by atoms with Crippen molar-refractivity contribution in [1.29, 1.82) is 0 Å². The lowest BCUT2D eigenvalue weighted by Gasteiger charge is -2.12. The molecule has 0 N–H and O–H groups in total. The summed E-state index contributed by atoms with van der Waals surface area (Å²) in [6, 6.07) is 1.73. The summed E-state index contributed by atoms with van der Waals surface area (Å²) >= 11 is 11.6. The molecule has 28 heavy (non-hydrogen) atoms. The first kappa shape index (κ1) is 21.9. The van der Waals surface area contributed by atoms with Gasteiger partial charge in [0.05, 0.1) is 25.3 Å². The van der Waals surface area contributed by atoms with Gasteiger partial charge in [-0.1, -0.05) is 23.2 Å². The lowest BCUT2D eigenvalue weighted by Crippen LogP contribution is -2.13. The molecule has 0 aliphatic rings. The Labute approximate surface area is 164 Å². The van der Waals surface area contributed by atoms with Gasteiger partial charge in [-0.2, -0.15) is 13.2 Å². The predicted molar refractivity (Wildman–Crippen MR) is 91.4 cm³/mol. The van der Waals surface area contributed by atoms with Crippen LogP contribution in [-0.4, -0.2) is 18.3 Å². The van der Waals surface area contributed by atoms with Gasteiger partial charge in [-0.25, -0.2) is 8.42 Å². The molecule has 0 bridgehead atoms. The molecule has 0 spiro atoms. The zero-order valence-corrected chi connectivity index (χ0v) is 15.8. The van der Waals surface area contributed by atoms with Crippen LogP contribution in [0, 0.1) is 27.2 Å². The first-order valence-corrected chi connectivity index (χ1v) is 9.16. The molecule has 2 rings (SSSR count). The summed E-state index contributed by atoms with van der Waals surface area (Å²) in [6.45, 7) is 1.37. The largest absolute Gasteiger partial charge is 0.416 e. The van der Waals surface area contributed by atoms with Crippen molar-refractivity contribution in [3.63, 3.8) is 0 Å². The summed E-state index contributed by atoms with van der Waals surface area (Å²) in [6.07, 6.45) is -5.19. The van der Waals surface area contributed by atoms with Gasteiger partial charge in [0, 0.05) is 17.2 Å². The van der Waals surface area contributed by atoms with Crippen LogP contribution < -0.4 is 0 Å². The molecule has 150 valence electrons. The Bertz CT molecular complexity index is 1080. The van der Waals surface area contributed by atoms with E-state index >= 15 is 0 Å². The van der Waals surface area contributed by atoms with E-state index in [1.54, 1.807) is 0 Å². The van der Waals surface area contributed by atoms with Crippen LogP contribution in [0.4, 0.5) is 24.5 Å². The lowest BCUT2D eigenvalue weighted by atomic mass is 10.1. The maximum absolute atomic E-state index is 13.0. The van der Waals surface area contributed by atoms with Crippen molar-refractivity contribution in [3.8, 4) is 0 Å². The van der Waals surface area contributed by atoms with Crippen molar-refractivity contribution < 1.29 is 31.4 Å². The molecule has 2 aromatic rings. The maximum atomic E-state index is 13.0. The van der Waals surface area contributed by atoms with Crippen LogP contribution in [0.15, 0.2) is 34.1 Å². The molecule has 8 nitrogen and oxygen atoms in total. The van der Waals surface area contributed by atoms with Crippen molar-refractivity contribution in [2.24, 2.45) is 0 Å². The average molecular weight is 459 g/mol. The molecular formula is C14H7Cl2F3N2O6S. The lowest BCUT2D eigenvalue weighted by molar-refractivity contribution is -0.400. The summed E-state index contributed by atoms with van der Waals surface area (Å²) in [5.74, 6) is 0. The topological polar surface area (TPSA) is 120 Å². The number of hydrogen-bond donors (Lipinski definition) is 0. The highest BCUT2D eigenvalue weighted by molar-refractivity contribution is 7.92. The van der Waals surface area contributed by atoms with E-state index in [0.717, 1.165) is 12.1 Å². The van der Waals surface area contributed by atoms with E-state index in [4.69, 9.17) is 23.2 Å². The molecule has 0 saturated carbocycles. The van der Waals surface area contributed by atoms with Gasteiger partial charge in [0.25, 0.3) is 11.4 Å². The summed E-state index contributed by atoms with van der Waals surface area (Å²) in [7, 11) is -5.06. The van der Waals surface area contributed by atoms with Crippen LogP contribution in [0.1, 0.15) is 11.1 Å². The number of hydrogen-bond acceptors (Lipinski definition) is 6. The Balaban J connectivity index is 3.00. The molecule has 0 aromatic heterocycles. The third-order valence-corrected chi connectivity index (χ3v) is 6.25. The van der Waals surface area contributed by atoms with Crippen molar-refractivity contribution in [2.75, 3.05) is 0 Å². The summed E-state index contributed by atoms with van der Waals surface area (Å²) < 4.78 is 64.7. The second-order valence-corrected chi connectivity index (χ2v) is 8.06. The van der Waals surface area contributed by atoms with Crippen molar-refractivity contribution >= 4 is 44.4 Å². The van der Waals surface area contributed by atoms with Crippen LogP contribution in [0.2, 0.25) is 10.0 Å². The molecule has 0 saturated heterocycles. The summed E-state index contributed by atoms with van der Waals surface area (Å²) in [5.41, 5.74) is -4.79. The van der Waals surface area contributed by atoms with Crippen molar-refractivity contribution in [2.45, 2.75) is 22.9 Å². The van der Waals surface area contributed by atoms with E-state index in [2.05, 4.69) is 0 Å². The third-order valence-electron chi connectivity index (χ3n) is 3.54. The van der Waals surface area contributed by atoms with E-state index in [0.29, 0.717) is 0 Å². The number of nitro benzene ring substituents is 2. The van der Waals surface area contributed by atoms with E-state index in [1.807, 2.05) is 0 Å². The Hall–Kier alpha value is -2.44. The van der Waals surface area contributed by atoms with E-state index in [1.165, 1.54) is 6.92 Å². The van der Waals surface area contributed by atoms with E-state index in [9.17, 15) is 41.8 Å². The Kier molecular flexibility index (Phi) is 5.61. The monoisotopic (exact) mass is 458 g/mol.